The number of nitrogens with zero attached hydrogens (tertiary/aromatic N) is 1. The lowest BCUT2D eigenvalue weighted by Gasteiger charge is -2.23. The second-order valence-corrected chi connectivity index (χ2v) is 4.55. The Kier molecular flexibility index (Phi) is 10.2. The van der Waals surface area contributed by atoms with Crippen LogP contribution in [-0.4, -0.2) is 48.2 Å². The molecule has 0 aliphatic rings. The smallest absolute Gasteiger partial charge is 0.303 e. The van der Waals surface area contributed by atoms with E-state index in [4.69, 9.17) is 5.11 Å². The standard InChI is InChI=1S/C13H28N2O2/c1-4-15(5-2)11-12(3)14-10-8-6-7-9-13(16)17/h12,14H,4-11H2,1-3H3,(H,16,17). The molecule has 102 valence electrons. The summed E-state index contributed by atoms with van der Waals surface area (Å²) in [7, 11) is 0. The van der Waals surface area contributed by atoms with E-state index in [9.17, 15) is 4.79 Å². The topological polar surface area (TPSA) is 52.6 Å². The van der Waals surface area contributed by atoms with E-state index in [1.54, 1.807) is 0 Å². The first kappa shape index (κ1) is 16.4. The molecule has 0 saturated carbocycles. The monoisotopic (exact) mass is 244 g/mol. The minimum absolute atomic E-state index is 0.301. The molecule has 0 rings (SSSR count). The average molecular weight is 244 g/mol. The number of likely N-dealkylation sites (N-methyl/N-ethyl adjacent to an activating group) is 1. The van der Waals surface area contributed by atoms with E-state index in [-0.39, 0.29) is 0 Å². The summed E-state index contributed by atoms with van der Waals surface area (Å²) in [5, 5.41) is 12.0. The molecule has 2 N–H and O–H groups in total. The zero-order chi connectivity index (χ0) is 13.1. The minimum Gasteiger partial charge on any atom is -0.481 e. The zero-order valence-electron chi connectivity index (χ0n) is 11.5. The lowest BCUT2D eigenvalue weighted by atomic mass is 10.2. The quantitative estimate of drug-likeness (QED) is 0.545. The molecule has 0 saturated heterocycles. The molecule has 0 aromatic heterocycles. The molecule has 0 bridgehead atoms. The molecule has 0 aromatic rings. The van der Waals surface area contributed by atoms with Crippen molar-refractivity contribution < 1.29 is 9.90 Å². The number of rotatable bonds is 11. The summed E-state index contributed by atoms with van der Waals surface area (Å²) in [5.41, 5.74) is 0. The van der Waals surface area contributed by atoms with Gasteiger partial charge in [-0.1, -0.05) is 20.3 Å². The van der Waals surface area contributed by atoms with Gasteiger partial charge in [-0.3, -0.25) is 4.79 Å². The third-order valence-corrected chi connectivity index (χ3v) is 2.99. The maximum absolute atomic E-state index is 10.3. The molecule has 0 amide bonds. The van der Waals surface area contributed by atoms with Gasteiger partial charge in [0, 0.05) is 19.0 Å². The molecule has 0 spiro atoms. The lowest BCUT2D eigenvalue weighted by Crippen LogP contribution is -2.39. The molecule has 0 heterocycles. The van der Waals surface area contributed by atoms with E-state index in [2.05, 4.69) is 31.0 Å². The van der Waals surface area contributed by atoms with Crippen LogP contribution in [0.5, 0.6) is 0 Å². The van der Waals surface area contributed by atoms with Crippen LogP contribution in [0.2, 0.25) is 0 Å². The highest BCUT2D eigenvalue weighted by atomic mass is 16.4. The van der Waals surface area contributed by atoms with E-state index in [0.29, 0.717) is 12.5 Å². The molecule has 4 heteroatoms. The number of hydrogen-bond acceptors (Lipinski definition) is 3. The second kappa shape index (κ2) is 10.5. The normalized spacial score (nSPS) is 12.9. The van der Waals surface area contributed by atoms with Crippen LogP contribution in [0, 0.1) is 0 Å². The maximum atomic E-state index is 10.3. The van der Waals surface area contributed by atoms with E-state index < -0.39 is 5.97 Å². The zero-order valence-corrected chi connectivity index (χ0v) is 11.5. The van der Waals surface area contributed by atoms with Crippen LogP contribution in [0.4, 0.5) is 0 Å². The van der Waals surface area contributed by atoms with Crippen LogP contribution in [0.1, 0.15) is 46.5 Å². The number of unbranched alkanes of at least 4 members (excludes halogenated alkanes) is 2. The number of hydrogen-bond donors (Lipinski definition) is 2. The first-order chi connectivity index (χ1) is 8.10. The van der Waals surface area contributed by atoms with Gasteiger partial charge in [-0.05, 0) is 39.4 Å². The summed E-state index contributed by atoms with van der Waals surface area (Å²) in [6.07, 6.45) is 3.16. The fourth-order valence-electron chi connectivity index (χ4n) is 1.86. The highest BCUT2D eigenvalue weighted by Crippen LogP contribution is 1.99. The first-order valence-corrected chi connectivity index (χ1v) is 6.77. The van der Waals surface area contributed by atoms with Crippen molar-refractivity contribution in [1.29, 1.82) is 0 Å². The summed E-state index contributed by atoms with van der Waals surface area (Å²) in [6, 6.07) is 0.509. The van der Waals surface area contributed by atoms with Crippen molar-refractivity contribution in [2.75, 3.05) is 26.2 Å². The molecule has 1 unspecified atom stereocenters. The Labute approximate surface area is 105 Å². The first-order valence-electron chi connectivity index (χ1n) is 6.77. The van der Waals surface area contributed by atoms with Crippen molar-refractivity contribution in [3.8, 4) is 0 Å². The third-order valence-electron chi connectivity index (χ3n) is 2.99. The van der Waals surface area contributed by atoms with Crippen LogP contribution in [0.25, 0.3) is 0 Å². The summed E-state index contributed by atoms with van der Waals surface area (Å²) < 4.78 is 0. The SMILES string of the molecule is CCN(CC)CC(C)NCCCCCC(=O)O. The van der Waals surface area contributed by atoms with Gasteiger partial charge in [0.25, 0.3) is 0 Å². The van der Waals surface area contributed by atoms with E-state index in [1.807, 2.05) is 0 Å². The highest BCUT2D eigenvalue weighted by molar-refractivity contribution is 5.66. The molecule has 0 aliphatic heterocycles. The second-order valence-electron chi connectivity index (χ2n) is 4.55. The minimum atomic E-state index is -0.687. The fraction of sp³-hybridized carbons (Fsp3) is 0.923. The summed E-state index contributed by atoms with van der Waals surface area (Å²) in [5.74, 6) is -0.687. The Morgan fingerprint density at radius 3 is 2.41 bits per heavy atom. The van der Waals surface area contributed by atoms with Crippen LogP contribution in [-0.2, 0) is 4.79 Å². The van der Waals surface area contributed by atoms with Gasteiger partial charge in [-0.15, -0.1) is 0 Å². The molecular formula is C13H28N2O2. The fourth-order valence-corrected chi connectivity index (χ4v) is 1.86. The average Bonchev–Trinajstić information content (AvgIpc) is 2.30. The van der Waals surface area contributed by atoms with Gasteiger partial charge in [-0.25, -0.2) is 0 Å². The highest BCUT2D eigenvalue weighted by Gasteiger charge is 2.05. The Balaban J connectivity index is 3.38. The molecular weight excluding hydrogens is 216 g/mol. The molecule has 0 aliphatic carbocycles. The molecule has 0 fully saturated rings. The number of carbonyl (C=O) groups is 1. The predicted octanol–water partition coefficient (Wildman–Crippen LogP) is 1.95. The van der Waals surface area contributed by atoms with Crippen molar-refractivity contribution in [2.24, 2.45) is 0 Å². The number of nitrogens with one attached hydrogen (secondary N) is 1. The molecule has 4 nitrogen and oxygen atoms in total. The van der Waals surface area contributed by atoms with Crippen molar-refractivity contribution in [2.45, 2.75) is 52.5 Å². The van der Waals surface area contributed by atoms with Gasteiger partial charge >= 0.3 is 5.97 Å². The van der Waals surface area contributed by atoms with Crippen LogP contribution in [0.15, 0.2) is 0 Å². The molecule has 0 aromatic carbocycles. The van der Waals surface area contributed by atoms with Gasteiger partial charge in [0.1, 0.15) is 0 Å². The summed E-state index contributed by atoms with van der Waals surface area (Å²) >= 11 is 0. The Bertz CT molecular complexity index is 194. The molecule has 0 radical (unpaired) electrons. The molecule has 17 heavy (non-hydrogen) atoms. The Hall–Kier alpha value is -0.610. The molecule has 1 atom stereocenters. The summed E-state index contributed by atoms with van der Waals surface area (Å²) in [4.78, 5) is 12.7. The van der Waals surface area contributed by atoms with E-state index in [1.165, 1.54) is 0 Å². The lowest BCUT2D eigenvalue weighted by molar-refractivity contribution is -0.137. The van der Waals surface area contributed by atoms with Crippen molar-refractivity contribution >= 4 is 5.97 Å². The Morgan fingerprint density at radius 2 is 1.88 bits per heavy atom. The van der Waals surface area contributed by atoms with E-state index in [0.717, 1.165) is 45.4 Å². The van der Waals surface area contributed by atoms with Crippen molar-refractivity contribution in [3.05, 3.63) is 0 Å². The van der Waals surface area contributed by atoms with Crippen molar-refractivity contribution in [3.63, 3.8) is 0 Å². The maximum Gasteiger partial charge on any atom is 0.303 e. The van der Waals surface area contributed by atoms with Crippen LogP contribution >= 0.6 is 0 Å². The number of carboxylic acid groups (broad SMARTS) is 1. The van der Waals surface area contributed by atoms with E-state index >= 15 is 0 Å². The van der Waals surface area contributed by atoms with Gasteiger partial charge in [0.05, 0.1) is 0 Å². The number of aliphatic carboxylic acids is 1. The van der Waals surface area contributed by atoms with Crippen LogP contribution in [0.3, 0.4) is 0 Å². The Morgan fingerprint density at radius 1 is 1.24 bits per heavy atom. The third kappa shape index (κ3) is 10.3. The predicted molar refractivity (Wildman–Crippen MR) is 71.4 cm³/mol. The van der Waals surface area contributed by atoms with Crippen LogP contribution < -0.4 is 5.32 Å². The summed E-state index contributed by atoms with van der Waals surface area (Å²) in [6.45, 7) is 10.8. The van der Waals surface area contributed by atoms with Gasteiger partial charge in [0.2, 0.25) is 0 Å². The number of carboxylic acids is 1. The van der Waals surface area contributed by atoms with Gasteiger partial charge < -0.3 is 15.3 Å². The van der Waals surface area contributed by atoms with Gasteiger partial charge in [-0.2, -0.15) is 0 Å². The largest absolute Gasteiger partial charge is 0.481 e. The van der Waals surface area contributed by atoms with Gasteiger partial charge in [0.15, 0.2) is 0 Å². The van der Waals surface area contributed by atoms with Crippen molar-refractivity contribution in [1.82, 2.24) is 10.2 Å².